The summed E-state index contributed by atoms with van der Waals surface area (Å²) in [5, 5.41) is 7.60. The molecule has 1 atom stereocenters. The molecule has 1 aromatic rings. The minimum Gasteiger partial charge on any atom is -0.310 e. The summed E-state index contributed by atoms with van der Waals surface area (Å²) in [4.78, 5) is 0. The van der Waals surface area contributed by atoms with Crippen molar-refractivity contribution in [1.29, 1.82) is 0 Å². The zero-order valence-electron chi connectivity index (χ0n) is 11.9. The van der Waals surface area contributed by atoms with Crippen molar-refractivity contribution in [3.63, 3.8) is 0 Å². The van der Waals surface area contributed by atoms with Gasteiger partial charge in [-0.15, -0.1) is 0 Å². The highest BCUT2D eigenvalue weighted by molar-refractivity contribution is 5.27. The van der Waals surface area contributed by atoms with Gasteiger partial charge >= 0.3 is 6.18 Å². The van der Waals surface area contributed by atoms with Crippen LogP contribution in [0.1, 0.15) is 49.2 Å². The molecule has 1 heterocycles. The van der Waals surface area contributed by atoms with Crippen LogP contribution in [0.3, 0.4) is 0 Å². The smallest absolute Gasteiger partial charge is 0.310 e. The minimum atomic E-state index is -4.04. The van der Waals surface area contributed by atoms with E-state index in [1.165, 1.54) is 0 Å². The standard InChI is InChI=1S/C13H22F3N3/c1-9(12-10(2)18-19(4)11(12)3)17-8-6-5-7-13(14,15)16/h9,17H,5-8H2,1-4H3. The Kier molecular flexibility index (Phi) is 5.40. The highest BCUT2D eigenvalue weighted by atomic mass is 19.4. The molecule has 0 amide bonds. The lowest BCUT2D eigenvalue weighted by atomic mass is 10.1. The summed E-state index contributed by atoms with van der Waals surface area (Å²) in [6.45, 7) is 6.55. The molecule has 110 valence electrons. The molecule has 3 nitrogen and oxygen atoms in total. The van der Waals surface area contributed by atoms with Crippen molar-refractivity contribution in [3.05, 3.63) is 17.0 Å². The van der Waals surface area contributed by atoms with E-state index in [1.807, 2.05) is 32.5 Å². The number of nitrogens with zero attached hydrogens (tertiary/aromatic N) is 2. The Balaban J connectivity index is 2.38. The third-order valence-electron chi connectivity index (χ3n) is 3.34. The number of rotatable bonds is 6. The number of halogens is 3. The van der Waals surface area contributed by atoms with Gasteiger partial charge < -0.3 is 5.32 Å². The molecule has 0 aliphatic heterocycles. The van der Waals surface area contributed by atoms with Crippen molar-refractivity contribution in [2.24, 2.45) is 7.05 Å². The van der Waals surface area contributed by atoms with E-state index in [1.54, 1.807) is 0 Å². The second kappa shape index (κ2) is 6.41. The van der Waals surface area contributed by atoms with Crippen molar-refractivity contribution in [2.45, 2.75) is 52.3 Å². The minimum absolute atomic E-state index is 0.111. The molecule has 1 rings (SSSR count). The molecular formula is C13H22F3N3. The van der Waals surface area contributed by atoms with Crippen LogP contribution in [0.5, 0.6) is 0 Å². The van der Waals surface area contributed by atoms with Crippen LogP contribution in [0.4, 0.5) is 13.2 Å². The molecule has 0 aliphatic carbocycles. The third kappa shape index (κ3) is 4.86. The van der Waals surface area contributed by atoms with Crippen molar-refractivity contribution in [2.75, 3.05) is 6.54 Å². The molecule has 0 aliphatic rings. The number of aryl methyl sites for hydroxylation is 2. The molecule has 6 heteroatoms. The molecular weight excluding hydrogens is 255 g/mol. The Labute approximate surface area is 112 Å². The Morgan fingerprint density at radius 3 is 2.37 bits per heavy atom. The summed E-state index contributed by atoms with van der Waals surface area (Å²) in [6, 6.07) is 0.111. The van der Waals surface area contributed by atoms with Gasteiger partial charge in [-0.2, -0.15) is 18.3 Å². The maximum atomic E-state index is 12.0. The Morgan fingerprint density at radius 2 is 1.89 bits per heavy atom. The van der Waals surface area contributed by atoms with E-state index >= 15 is 0 Å². The van der Waals surface area contributed by atoms with E-state index < -0.39 is 12.6 Å². The van der Waals surface area contributed by atoms with E-state index in [0.717, 1.165) is 17.0 Å². The largest absolute Gasteiger partial charge is 0.389 e. The van der Waals surface area contributed by atoms with E-state index in [4.69, 9.17) is 0 Å². The van der Waals surface area contributed by atoms with Gasteiger partial charge in [0.25, 0.3) is 0 Å². The highest BCUT2D eigenvalue weighted by Crippen LogP contribution is 2.23. The van der Waals surface area contributed by atoms with Gasteiger partial charge in [0.1, 0.15) is 0 Å². The molecule has 0 saturated carbocycles. The lowest BCUT2D eigenvalue weighted by Crippen LogP contribution is -2.21. The van der Waals surface area contributed by atoms with Gasteiger partial charge in [-0.3, -0.25) is 4.68 Å². The first kappa shape index (κ1) is 16.0. The Bertz CT molecular complexity index is 410. The van der Waals surface area contributed by atoms with Crippen LogP contribution in [-0.4, -0.2) is 22.5 Å². The van der Waals surface area contributed by atoms with Crippen LogP contribution in [0.2, 0.25) is 0 Å². The second-order valence-electron chi connectivity index (χ2n) is 4.96. The molecule has 0 aromatic carbocycles. The van der Waals surface area contributed by atoms with Crippen molar-refractivity contribution in [1.82, 2.24) is 15.1 Å². The number of nitrogens with one attached hydrogen (secondary N) is 1. The van der Waals surface area contributed by atoms with Crippen LogP contribution in [0, 0.1) is 13.8 Å². The predicted molar refractivity (Wildman–Crippen MR) is 69.0 cm³/mol. The fourth-order valence-corrected chi connectivity index (χ4v) is 2.29. The summed E-state index contributed by atoms with van der Waals surface area (Å²) < 4.78 is 37.8. The van der Waals surface area contributed by atoms with Crippen molar-refractivity contribution >= 4 is 0 Å². The van der Waals surface area contributed by atoms with Crippen LogP contribution >= 0.6 is 0 Å². The van der Waals surface area contributed by atoms with Crippen LogP contribution in [-0.2, 0) is 7.05 Å². The van der Waals surface area contributed by atoms with Crippen LogP contribution in [0.15, 0.2) is 0 Å². The lowest BCUT2D eigenvalue weighted by Gasteiger charge is -2.15. The third-order valence-corrected chi connectivity index (χ3v) is 3.34. The van der Waals surface area contributed by atoms with Gasteiger partial charge in [0.05, 0.1) is 5.69 Å². The highest BCUT2D eigenvalue weighted by Gasteiger charge is 2.25. The summed E-state index contributed by atoms with van der Waals surface area (Å²) in [7, 11) is 1.89. The number of hydrogen-bond donors (Lipinski definition) is 1. The van der Waals surface area contributed by atoms with Gasteiger partial charge in [-0.25, -0.2) is 0 Å². The van der Waals surface area contributed by atoms with Crippen LogP contribution < -0.4 is 5.32 Å². The fraction of sp³-hybridized carbons (Fsp3) is 0.769. The quantitative estimate of drug-likeness (QED) is 0.807. The zero-order chi connectivity index (χ0) is 14.6. The molecule has 0 spiro atoms. The maximum absolute atomic E-state index is 12.0. The van der Waals surface area contributed by atoms with E-state index in [9.17, 15) is 13.2 Å². The average molecular weight is 277 g/mol. The van der Waals surface area contributed by atoms with Gasteiger partial charge in [-0.05, 0) is 40.2 Å². The van der Waals surface area contributed by atoms with Gasteiger partial charge in [0, 0.05) is 30.8 Å². The van der Waals surface area contributed by atoms with E-state index in [-0.39, 0.29) is 12.5 Å². The molecule has 1 aromatic heterocycles. The topological polar surface area (TPSA) is 29.9 Å². The summed E-state index contributed by atoms with van der Waals surface area (Å²) in [5.41, 5.74) is 3.20. The van der Waals surface area contributed by atoms with Crippen LogP contribution in [0.25, 0.3) is 0 Å². The fourth-order valence-electron chi connectivity index (χ4n) is 2.29. The van der Waals surface area contributed by atoms with Crippen molar-refractivity contribution in [3.8, 4) is 0 Å². The first-order chi connectivity index (χ1) is 8.72. The Hall–Kier alpha value is -1.04. The molecule has 0 radical (unpaired) electrons. The predicted octanol–water partition coefficient (Wildman–Crippen LogP) is 3.42. The molecule has 1 N–H and O–H groups in total. The number of aromatic nitrogens is 2. The summed E-state index contributed by atoms with van der Waals surface area (Å²) in [6.07, 6.45) is -4.04. The van der Waals surface area contributed by atoms with E-state index in [2.05, 4.69) is 10.4 Å². The molecule has 0 fully saturated rings. The Morgan fingerprint density at radius 1 is 1.26 bits per heavy atom. The first-order valence-corrected chi connectivity index (χ1v) is 6.52. The van der Waals surface area contributed by atoms with Gasteiger partial charge in [0.15, 0.2) is 0 Å². The van der Waals surface area contributed by atoms with Crippen molar-refractivity contribution < 1.29 is 13.2 Å². The van der Waals surface area contributed by atoms with E-state index in [0.29, 0.717) is 13.0 Å². The normalized spacial score (nSPS) is 13.8. The maximum Gasteiger partial charge on any atom is 0.389 e. The average Bonchev–Trinajstić information content (AvgIpc) is 2.51. The number of alkyl halides is 3. The molecule has 1 unspecified atom stereocenters. The second-order valence-corrected chi connectivity index (χ2v) is 4.96. The molecule has 0 bridgehead atoms. The summed E-state index contributed by atoms with van der Waals surface area (Å²) >= 11 is 0. The number of hydrogen-bond acceptors (Lipinski definition) is 2. The lowest BCUT2D eigenvalue weighted by molar-refractivity contribution is -0.135. The SMILES string of the molecule is Cc1nn(C)c(C)c1C(C)NCCCCC(F)(F)F. The monoisotopic (exact) mass is 277 g/mol. The zero-order valence-corrected chi connectivity index (χ0v) is 11.9. The summed E-state index contributed by atoms with van der Waals surface area (Å²) in [5.74, 6) is 0. The number of unbranched alkanes of at least 4 members (excludes halogenated alkanes) is 1. The van der Waals surface area contributed by atoms with Gasteiger partial charge in [-0.1, -0.05) is 0 Å². The first-order valence-electron chi connectivity index (χ1n) is 6.52. The van der Waals surface area contributed by atoms with Gasteiger partial charge in [0.2, 0.25) is 0 Å². The molecule has 19 heavy (non-hydrogen) atoms. The molecule has 0 saturated heterocycles.